The van der Waals surface area contributed by atoms with Crippen LogP contribution in [-0.4, -0.2) is 24.4 Å². The van der Waals surface area contributed by atoms with Crippen molar-refractivity contribution >= 4 is 21.5 Å². The van der Waals surface area contributed by atoms with Gasteiger partial charge in [-0.05, 0) is 73.9 Å². The normalized spacial score (nSPS) is 10.6. The standard InChI is InChI=1S/2C13H14O2/c2*1-8-4-5-10-7-9(2)13(15-3)12(14)11(10)6-8/h2*4-7,14H,1-3H3. The molecule has 4 aromatic rings. The first-order valence-corrected chi connectivity index (χ1v) is 9.80. The van der Waals surface area contributed by atoms with Crippen molar-refractivity contribution in [2.45, 2.75) is 27.7 Å². The van der Waals surface area contributed by atoms with Crippen molar-refractivity contribution in [1.82, 2.24) is 0 Å². The third-order valence-electron chi connectivity index (χ3n) is 5.23. The maximum atomic E-state index is 10.0. The van der Waals surface area contributed by atoms with Gasteiger partial charge < -0.3 is 19.7 Å². The maximum absolute atomic E-state index is 10.0. The predicted molar refractivity (Wildman–Crippen MR) is 123 cm³/mol. The Labute approximate surface area is 177 Å². The molecule has 0 fully saturated rings. The Balaban J connectivity index is 0.000000171. The van der Waals surface area contributed by atoms with Crippen LogP contribution in [0.2, 0.25) is 0 Å². The maximum Gasteiger partial charge on any atom is 0.165 e. The fourth-order valence-corrected chi connectivity index (χ4v) is 3.73. The second kappa shape index (κ2) is 8.54. The molecule has 156 valence electrons. The van der Waals surface area contributed by atoms with E-state index in [1.807, 2.05) is 76.2 Å². The molecule has 0 heterocycles. The van der Waals surface area contributed by atoms with Crippen molar-refractivity contribution in [3.8, 4) is 23.0 Å². The zero-order valence-corrected chi connectivity index (χ0v) is 18.3. The van der Waals surface area contributed by atoms with Crippen molar-refractivity contribution in [3.63, 3.8) is 0 Å². The van der Waals surface area contributed by atoms with Gasteiger partial charge in [0.15, 0.2) is 23.0 Å². The van der Waals surface area contributed by atoms with Gasteiger partial charge in [-0.2, -0.15) is 0 Å². The van der Waals surface area contributed by atoms with Gasteiger partial charge in [0.2, 0.25) is 0 Å². The number of hydrogen-bond acceptors (Lipinski definition) is 4. The SMILES string of the molecule is COc1c(C)cc2ccc(C)cc2c1O.COc1c(C)cc2ccc(C)cc2c1O. The summed E-state index contributed by atoms with van der Waals surface area (Å²) < 4.78 is 10.3. The van der Waals surface area contributed by atoms with Gasteiger partial charge in [0.05, 0.1) is 14.2 Å². The predicted octanol–water partition coefficient (Wildman–Crippen LogP) is 6.34. The lowest BCUT2D eigenvalue weighted by Gasteiger charge is -2.10. The number of aryl methyl sites for hydroxylation is 4. The van der Waals surface area contributed by atoms with Crippen LogP contribution in [-0.2, 0) is 0 Å². The van der Waals surface area contributed by atoms with Gasteiger partial charge in [0.1, 0.15) is 0 Å². The summed E-state index contributed by atoms with van der Waals surface area (Å²) in [6.45, 7) is 7.87. The van der Waals surface area contributed by atoms with Gasteiger partial charge in [-0.15, -0.1) is 0 Å². The molecule has 0 unspecified atom stereocenters. The number of phenolic OH excluding ortho intramolecular Hbond substituents is 2. The van der Waals surface area contributed by atoms with E-state index >= 15 is 0 Å². The van der Waals surface area contributed by atoms with Crippen LogP contribution < -0.4 is 9.47 Å². The molecule has 0 radical (unpaired) electrons. The summed E-state index contributed by atoms with van der Waals surface area (Å²) in [5, 5.41) is 23.8. The van der Waals surface area contributed by atoms with Crippen LogP contribution in [0, 0.1) is 27.7 Å². The number of ether oxygens (including phenoxy) is 2. The molecule has 4 nitrogen and oxygen atoms in total. The van der Waals surface area contributed by atoms with Crippen LogP contribution in [0.3, 0.4) is 0 Å². The van der Waals surface area contributed by atoms with E-state index in [1.54, 1.807) is 14.2 Å². The molecule has 0 amide bonds. The second-order valence-electron chi connectivity index (χ2n) is 7.60. The van der Waals surface area contributed by atoms with Crippen LogP contribution in [0.5, 0.6) is 23.0 Å². The fraction of sp³-hybridized carbons (Fsp3) is 0.231. The van der Waals surface area contributed by atoms with Gasteiger partial charge in [-0.25, -0.2) is 0 Å². The minimum absolute atomic E-state index is 0.233. The summed E-state index contributed by atoms with van der Waals surface area (Å²) in [6.07, 6.45) is 0. The van der Waals surface area contributed by atoms with E-state index < -0.39 is 0 Å². The van der Waals surface area contributed by atoms with Crippen molar-refractivity contribution in [2.75, 3.05) is 14.2 Å². The number of fused-ring (bicyclic) bond motifs is 2. The first-order valence-electron chi connectivity index (χ1n) is 9.80. The summed E-state index contributed by atoms with van der Waals surface area (Å²) in [6, 6.07) is 16.1. The minimum Gasteiger partial charge on any atom is -0.504 e. The number of phenols is 2. The van der Waals surface area contributed by atoms with Crippen molar-refractivity contribution in [3.05, 3.63) is 70.8 Å². The number of rotatable bonds is 2. The van der Waals surface area contributed by atoms with Crippen molar-refractivity contribution in [1.29, 1.82) is 0 Å². The van der Waals surface area contributed by atoms with Gasteiger partial charge in [-0.3, -0.25) is 0 Å². The van der Waals surface area contributed by atoms with Gasteiger partial charge in [0.25, 0.3) is 0 Å². The molecule has 2 N–H and O–H groups in total. The van der Waals surface area contributed by atoms with Crippen LogP contribution in [0.15, 0.2) is 48.5 Å². The average molecular weight is 405 g/mol. The van der Waals surface area contributed by atoms with E-state index in [-0.39, 0.29) is 11.5 Å². The van der Waals surface area contributed by atoms with Gasteiger partial charge in [-0.1, -0.05) is 35.4 Å². The summed E-state index contributed by atoms with van der Waals surface area (Å²) >= 11 is 0. The van der Waals surface area contributed by atoms with E-state index in [2.05, 4.69) is 0 Å². The Morgan fingerprint density at radius 3 is 1.27 bits per heavy atom. The van der Waals surface area contributed by atoms with E-state index in [4.69, 9.17) is 9.47 Å². The molecule has 0 atom stereocenters. The highest BCUT2D eigenvalue weighted by Crippen LogP contribution is 2.38. The molecule has 30 heavy (non-hydrogen) atoms. The highest BCUT2D eigenvalue weighted by Gasteiger charge is 2.11. The average Bonchev–Trinajstić information content (AvgIpc) is 2.70. The quantitative estimate of drug-likeness (QED) is 0.409. The molecule has 0 spiro atoms. The monoisotopic (exact) mass is 404 g/mol. The topological polar surface area (TPSA) is 58.9 Å². The minimum atomic E-state index is 0.233. The summed E-state index contributed by atoms with van der Waals surface area (Å²) in [5.74, 6) is 1.59. The molecule has 0 aliphatic carbocycles. The van der Waals surface area contributed by atoms with Crippen LogP contribution in [0.25, 0.3) is 21.5 Å². The summed E-state index contributed by atoms with van der Waals surface area (Å²) in [7, 11) is 3.15. The van der Waals surface area contributed by atoms with E-state index in [9.17, 15) is 10.2 Å². The van der Waals surface area contributed by atoms with E-state index in [1.165, 1.54) is 0 Å². The molecule has 4 aromatic carbocycles. The Morgan fingerprint density at radius 2 is 0.933 bits per heavy atom. The van der Waals surface area contributed by atoms with E-state index in [0.29, 0.717) is 11.5 Å². The molecule has 0 saturated carbocycles. The first kappa shape index (κ1) is 21.3. The largest absolute Gasteiger partial charge is 0.504 e. The highest BCUT2D eigenvalue weighted by atomic mass is 16.5. The zero-order valence-electron chi connectivity index (χ0n) is 18.3. The Bertz CT molecular complexity index is 1130. The molecular weight excluding hydrogens is 376 g/mol. The smallest absolute Gasteiger partial charge is 0.165 e. The first-order chi connectivity index (χ1) is 14.3. The molecule has 4 rings (SSSR count). The van der Waals surface area contributed by atoms with Crippen molar-refractivity contribution < 1.29 is 19.7 Å². The lowest BCUT2D eigenvalue weighted by Crippen LogP contribution is -1.89. The molecule has 0 saturated heterocycles. The second-order valence-corrected chi connectivity index (χ2v) is 7.60. The van der Waals surface area contributed by atoms with Gasteiger partial charge in [0, 0.05) is 10.8 Å². The molecule has 4 heteroatoms. The van der Waals surface area contributed by atoms with Crippen LogP contribution in [0.4, 0.5) is 0 Å². The third-order valence-corrected chi connectivity index (χ3v) is 5.23. The van der Waals surface area contributed by atoms with Crippen LogP contribution >= 0.6 is 0 Å². The van der Waals surface area contributed by atoms with Crippen molar-refractivity contribution in [2.24, 2.45) is 0 Å². The van der Waals surface area contributed by atoms with Gasteiger partial charge >= 0.3 is 0 Å². The Hall–Kier alpha value is -3.40. The molecule has 0 aromatic heterocycles. The highest BCUT2D eigenvalue weighted by molar-refractivity contribution is 5.92. The Morgan fingerprint density at radius 1 is 0.567 bits per heavy atom. The molecule has 0 aliphatic heterocycles. The Kier molecular flexibility index (Phi) is 6.06. The van der Waals surface area contributed by atoms with Crippen LogP contribution in [0.1, 0.15) is 22.3 Å². The summed E-state index contributed by atoms with van der Waals surface area (Å²) in [4.78, 5) is 0. The number of aromatic hydroxyl groups is 2. The molecule has 0 bridgehead atoms. The lowest BCUT2D eigenvalue weighted by molar-refractivity contribution is 0.374. The number of hydrogen-bond donors (Lipinski definition) is 2. The summed E-state index contributed by atoms with van der Waals surface area (Å²) in [5.41, 5.74) is 4.16. The lowest BCUT2D eigenvalue weighted by atomic mass is 10.0. The zero-order chi connectivity index (χ0) is 22.0. The molecule has 0 aliphatic rings. The number of methoxy groups -OCH3 is 2. The van der Waals surface area contributed by atoms with E-state index in [0.717, 1.165) is 43.8 Å². The fourth-order valence-electron chi connectivity index (χ4n) is 3.73. The third kappa shape index (κ3) is 3.99. The molecular formula is C26H28O4. The number of benzene rings is 4.